The average molecular weight is 260 g/mol. The Balaban J connectivity index is 2.13. The van der Waals surface area contributed by atoms with Crippen LogP contribution in [-0.2, 0) is 4.79 Å². The van der Waals surface area contributed by atoms with Gasteiger partial charge in [-0.05, 0) is 38.3 Å². The first-order valence-electron chi connectivity index (χ1n) is 6.46. The Hall–Kier alpha value is -2.04. The van der Waals surface area contributed by atoms with Crippen LogP contribution in [0.1, 0.15) is 26.2 Å². The van der Waals surface area contributed by atoms with E-state index in [9.17, 15) is 9.90 Å². The van der Waals surface area contributed by atoms with Crippen molar-refractivity contribution in [3.8, 4) is 0 Å². The Bertz CT molecular complexity index is 622. The second-order valence-corrected chi connectivity index (χ2v) is 5.15. The molecular formula is C14H16N2O3. The summed E-state index contributed by atoms with van der Waals surface area (Å²) >= 11 is 0. The molecule has 0 bridgehead atoms. The van der Waals surface area contributed by atoms with Crippen LogP contribution in [0.5, 0.6) is 0 Å². The number of fused-ring (bicyclic) bond motifs is 1. The highest BCUT2D eigenvalue weighted by atomic mass is 16.4. The average Bonchev–Trinajstić information content (AvgIpc) is 2.87. The van der Waals surface area contributed by atoms with Gasteiger partial charge in [-0.2, -0.15) is 0 Å². The number of pyridine rings is 1. The van der Waals surface area contributed by atoms with Crippen LogP contribution in [0.25, 0.3) is 11.0 Å². The van der Waals surface area contributed by atoms with Crippen LogP contribution in [0, 0.1) is 0 Å². The number of anilines is 1. The molecule has 1 aliphatic rings. The number of nitrogens with zero attached hydrogens (tertiary/aromatic N) is 2. The Morgan fingerprint density at radius 2 is 2.32 bits per heavy atom. The molecule has 1 aliphatic heterocycles. The lowest BCUT2D eigenvalue weighted by atomic mass is 9.88. The lowest BCUT2D eigenvalue weighted by Crippen LogP contribution is -2.55. The Morgan fingerprint density at radius 3 is 3.11 bits per heavy atom. The van der Waals surface area contributed by atoms with Crippen LogP contribution in [0.4, 0.5) is 5.82 Å². The summed E-state index contributed by atoms with van der Waals surface area (Å²) < 4.78 is 5.36. The lowest BCUT2D eigenvalue weighted by molar-refractivity contribution is -0.143. The summed E-state index contributed by atoms with van der Waals surface area (Å²) in [5.41, 5.74) is -0.153. The smallest absolute Gasteiger partial charge is 0.329 e. The van der Waals surface area contributed by atoms with Gasteiger partial charge in [0.1, 0.15) is 16.9 Å². The van der Waals surface area contributed by atoms with Gasteiger partial charge >= 0.3 is 5.97 Å². The van der Waals surface area contributed by atoms with E-state index < -0.39 is 11.5 Å². The number of aromatic nitrogens is 1. The van der Waals surface area contributed by atoms with Crippen LogP contribution in [-0.4, -0.2) is 28.1 Å². The Morgan fingerprint density at radius 1 is 1.47 bits per heavy atom. The van der Waals surface area contributed by atoms with Gasteiger partial charge in [0.15, 0.2) is 0 Å². The second-order valence-electron chi connectivity index (χ2n) is 5.15. The third-order valence-electron chi connectivity index (χ3n) is 3.97. The van der Waals surface area contributed by atoms with Gasteiger partial charge in [-0.1, -0.05) is 0 Å². The predicted octanol–water partition coefficient (Wildman–Crippen LogP) is 2.66. The molecule has 1 atom stereocenters. The minimum absolute atomic E-state index is 0.637. The monoisotopic (exact) mass is 260 g/mol. The molecule has 1 unspecified atom stereocenters. The molecule has 0 aliphatic carbocycles. The number of piperidine rings is 1. The highest BCUT2D eigenvalue weighted by Crippen LogP contribution is 2.35. The SMILES string of the molecule is CC1(C(=O)O)CCCCN1c1nccc2occc12. The minimum atomic E-state index is -0.892. The predicted molar refractivity (Wildman–Crippen MR) is 71.2 cm³/mol. The van der Waals surface area contributed by atoms with E-state index in [2.05, 4.69) is 4.98 Å². The molecule has 0 saturated carbocycles. The maximum Gasteiger partial charge on any atom is 0.329 e. The third-order valence-corrected chi connectivity index (χ3v) is 3.97. The zero-order valence-corrected chi connectivity index (χ0v) is 10.8. The molecule has 0 radical (unpaired) electrons. The zero-order chi connectivity index (χ0) is 13.5. The van der Waals surface area contributed by atoms with Crippen molar-refractivity contribution in [1.29, 1.82) is 0 Å². The van der Waals surface area contributed by atoms with Crippen LogP contribution >= 0.6 is 0 Å². The highest BCUT2D eigenvalue weighted by Gasteiger charge is 2.42. The number of furan rings is 1. The maximum atomic E-state index is 11.6. The molecule has 5 nitrogen and oxygen atoms in total. The Kier molecular flexibility index (Phi) is 2.69. The number of hydrogen-bond acceptors (Lipinski definition) is 4. The van der Waals surface area contributed by atoms with Crippen LogP contribution < -0.4 is 4.90 Å². The van der Waals surface area contributed by atoms with E-state index in [1.807, 2.05) is 11.0 Å². The fourth-order valence-corrected chi connectivity index (χ4v) is 2.78. The van der Waals surface area contributed by atoms with Crippen molar-refractivity contribution in [3.05, 3.63) is 24.6 Å². The first-order chi connectivity index (χ1) is 9.13. The van der Waals surface area contributed by atoms with Gasteiger partial charge in [-0.25, -0.2) is 9.78 Å². The van der Waals surface area contributed by atoms with Gasteiger partial charge in [-0.15, -0.1) is 0 Å². The van der Waals surface area contributed by atoms with Crippen molar-refractivity contribution in [2.24, 2.45) is 0 Å². The molecule has 1 saturated heterocycles. The summed E-state index contributed by atoms with van der Waals surface area (Å²) in [6, 6.07) is 3.63. The van der Waals surface area contributed by atoms with E-state index in [1.165, 1.54) is 0 Å². The number of hydrogen-bond donors (Lipinski definition) is 1. The molecule has 19 heavy (non-hydrogen) atoms. The summed E-state index contributed by atoms with van der Waals surface area (Å²) in [6.45, 7) is 2.48. The summed E-state index contributed by atoms with van der Waals surface area (Å²) in [5, 5.41) is 10.4. The molecule has 3 rings (SSSR count). The summed E-state index contributed by atoms with van der Waals surface area (Å²) in [4.78, 5) is 17.9. The van der Waals surface area contributed by atoms with Gasteiger partial charge in [-0.3, -0.25) is 0 Å². The molecule has 3 heterocycles. The molecule has 1 fully saturated rings. The van der Waals surface area contributed by atoms with E-state index >= 15 is 0 Å². The summed E-state index contributed by atoms with van der Waals surface area (Å²) in [6.07, 6.45) is 5.83. The molecule has 1 N–H and O–H groups in total. The normalized spacial score (nSPS) is 23.7. The van der Waals surface area contributed by atoms with Crippen molar-refractivity contribution in [1.82, 2.24) is 4.98 Å². The number of carbonyl (C=O) groups is 1. The fourth-order valence-electron chi connectivity index (χ4n) is 2.78. The molecule has 2 aromatic rings. The van der Waals surface area contributed by atoms with Crippen molar-refractivity contribution in [2.75, 3.05) is 11.4 Å². The van der Waals surface area contributed by atoms with Crippen LogP contribution in [0.2, 0.25) is 0 Å². The quantitative estimate of drug-likeness (QED) is 0.899. The molecule has 2 aromatic heterocycles. The van der Waals surface area contributed by atoms with E-state index in [0.717, 1.165) is 23.8 Å². The van der Waals surface area contributed by atoms with Crippen molar-refractivity contribution < 1.29 is 14.3 Å². The molecule has 0 spiro atoms. The first kappa shape index (κ1) is 12.0. The van der Waals surface area contributed by atoms with E-state index in [-0.39, 0.29) is 0 Å². The topological polar surface area (TPSA) is 66.6 Å². The molecular weight excluding hydrogens is 244 g/mol. The van der Waals surface area contributed by atoms with Gasteiger partial charge in [0.25, 0.3) is 0 Å². The summed E-state index contributed by atoms with van der Waals surface area (Å²) in [5.74, 6) is -0.0923. The minimum Gasteiger partial charge on any atom is -0.480 e. The largest absolute Gasteiger partial charge is 0.480 e. The molecule has 5 heteroatoms. The van der Waals surface area contributed by atoms with Gasteiger partial charge in [0, 0.05) is 12.7 Å². The second kappa shape index (κ2) is 4.26. The van der Waals surface area contributed by atoms with Crippen molar-refractivity contribution in [2.45, 2.75) is 31.7 Å². The van der Waals surface area contributed by atoms with Gasteiger partial charge < -0.3 is 14.4 Å². The van der Waals surface area contributed by atoms with Crippen molar-refractivity contribution in [3.63, 3.8) is 0 Å². The molecule has 100 valence electrons. The van der Waals surface area contributed by atoms with Gasteiger partial charge in [0.2, 0.25) is 0 Å². The first-order valence-corrected chi connectivity index (χ1v) is 6.46. The Labute approximate surface area is 110 Å². The lowest BCUT2D eigenvalue weighted by Gasteiger charge is -2.42. The fraction of sp³-hybridized carbons (Fsp3) is 0.429. The number of rotatable bonds is 2. The zero-order valence-electron chi connectivity index (χ0n) is 10.8. The van der Waals surface area contributed by atoms with E-state index in [1.54, 1.807) is 25.5 Å². The van der Waals surface area contributed by atoms with Gasteiger partial charge in [0.05, 0.1) is 11.6 Å². The number of carboxylic acids is 1. The third kappa shape index (κ3) is 1.77. The molecule has 0 aromatic carbocycles. The van der Waals surface area contributed by atoms with Crippen molar-refractivity contribution >= 4 is 22.8 Å². The summed E-state index contributed by atoms with van der Waals surface area (Å²) in [7, 11) is 0. The highest BCUT2D eigenvalue weighted by molar-refractivity contribution is 5.92. The van der Waals surface area contributed by atoms with E-state index in [4.69, 9.17) is 4.42 Å². The van der Waals surface area contributed by atoms with Crippen LogP contribution in [0.3, 0.4) is 0 Å². The standard InChI is InChI=1S/C14H16N2O3/c1-14(13(17)18)6-2-3-8-16(14)12-10-5-9-19-11(10)4-7-15-12/h4-5,7,9H,2-3,6,8H2,1H3,(H,17,18). The van der Waals surface area contributed by atoms with E-state index in [0.29, 0.717) is 18.8 Å². The molecule has 0 amide bonds. The maximum absolute atomic E-state index is 11.6. The number of aliphatic carboxylic acids is 1. The number of carboxylic acid groups (broad SMARTS) is 1. The van der Waals surface area contributed by atoms with Crippen LogP contribution in [0.15, 0.2) is 29.0 Å².